The lowest BCUT2D eigenvalue weighted by atomic mass is 10.2. The highest BCUT2D eigenvalue weighted by molar-refractivity contribution is 7.99. The third kappa shape index (κ3) is 4.38. The fourth-order valence-electron chi connectivity index (χ4n) is 2.61. The molecule has 3 rings (SSSR count). The number of imidazole rings is 1. The van der Waals surface area contributed by atoms with Gasteiger partial charge in [0.05, 0.1) is 23.4 Å². The van der Waals surface area contributed by atoms with E-state index in [0.717, 1.165) is 27.4 Å². The molecule has 2 aromatic carbocycles. The van der Waals surface area contributed by atoms with Crippen LogP contribution in [0, 0.1) is 6.92 Å². The van der Waals surface area contributed by atoms with Crippen LogP contribution in [0.15, 0.2) is 47.6 Å². The maximum absolute atomic E-state index is 12.4. The zero-order chi connectivity index (χ0) is 18.5. The SMILES string of the molecule is COCCn1c(SCC(=O)Nc2cc(Cl)ccc2C)nc2ccccc21. The number of hydrogen-bond acceptors (Lipinski definition) is 4. The highest BCUT2D eigenvalue weighted by atomic mass is 35.5. The van der Waals surface area contributed by atoms with Crippen molar-refractivity contribution in [1.29, 1.82) is 0 Å². The van der Waals surface area contributed by atoms with Crippen LogP contribution in [0.3, 0.4) is 0 Å². The second-order valence-corrected chi connectivity index (χ2v) is 7.20. The molecule has 0 unspecified atom stereocenters. The summed E-state index contributed by atoms with van der Waals surface area (Å²) in [5.74, 6) is 0.174. The molecule has 3 aromatic rings. The van der Waals surface area contributed by atoms with Crippen LogP contribution in [-0.4, -0.2) is 34.9 Å². The van der Waals surface area contributed by atoms with Gasteiger partial charge in [0.2, 0.25) is 5.91 Å². The molecule has 1 amide bonds. The van der Waals surface area contributed by atoms with Crippen LogP contribution >= 0.6 is 23.4 Å². The fraction of sp³-hybridized carbons (Fsp3) is 0.263. The number of methoxy groups -OCH3 is 1. The lowest BCUT2D eigenvalue weighted by Gasteiger charge is -2.10. The number of para-hydroxylation sites is 2. The second kappa shape index (κ2) is 8.58. The van der Waals surface area contributed by atoms with Crippen molar-refractivity contribution < 1.29 is 9.53 Å². The summed E-state index contributed by atoms with van der Waals surface area (Å²) in [6, 6.07) is 13.4. The van der Waals surface area contributed by atoms with Crippen molar-refractivity contribution >= 4 is 46.0 Å². The minimum Gasteiger partial charge on any atom is -0.383 e. The van der Waals surface area contributed by atoms with Gasteiger partial charge in [-0.1, -0.05) is 41.6 Å². The smallest absolute Gasteiger partial charge is 0.234 e. The molecule has 0 aliphatic heterocycles. The van der Waals surface area contributed by atoms with Crippen LogP contribution in [0.2, 0.25) is 5.02 Å². The quantitative estimate of drug-likeness (QED) is 0.609. The van der Waals surface area contributed by atoms with E-state index in [1.807, 2.05) is 37.3 Å². The van der Waals surface area contributed by atoms with E-state index in [0.29, 0.717) is 18.2 Å². The molecular formula is C19H20ClN3O2S. The molecule has 1 aromatic heterocycles. The van der Waals surface area contributed by atoms with Crippen molar-refractivity contribution in [3.05, 3.63) is 53.1 Å². The molecule has 0 spiro atoms. The van der Waals surface area contributed by atoms with Gasteiger partial charge < -0.3 is 14.6 Å². The van der Waals surface area contributed by atoms with E-state index in [9.17, 15) is 4.79 Å². The van der Waals surface area contributed by atoms with Crippen molar-refractivity contribution in [2.45, 2.75) is 18.6 Å². The number of aryl methyl sites for hydroxylation is 1. The standard InChI is InChI=1S/C19H20ClN3O2S/c1-13-7-8-14(20)11-16(13)21-18(24)12-26-19-22-15-5-3-4-6-17(15)23(19)9-10-25-2/h3-8,11H,9-10,12H2,1-2H3,(H,21,24). The second-order valence-electron chi connectivity index (χ2n) is 5.82. The van der Waals surface area contributed by atoms with Gasteiger partial charge in [-0.25, -0.2) is 4.98 Å². The van der Waals surface area contributed by atoms with Gasteiger partial charge in [0, 0.05) is 24.4 Å². The molecule has 0 radical (unpaired) electrons. The Balaban J connectivity index is 1.72. The Morgan fingerprint density at radius 3 is 2.92 bits per heavy atom. The average molecular weight is 390 g/mol. The van der Waals surface area contributed by atoms with Crippen LogP contribution in [0.4, 0.5) is 5.69 Å². The number of amides is 1. The molecule has 0 bridgehead atoms. The Bertz CT molecular complexity index is 926. The highest BCUT2D eigenvalue weighted by Gasteiger charge is 2.13. The van der Waals surface area contributed by atoms with E-state index in [-0.39, 0.29) is 11.7 Å². The number of aromatic nitrogens is 2. The maximum Gasteiger partial charge on any atom is 0.234 e. The monoisotopic (exact) mass is 389 g/mol. The number of fused-ring (bicyclic) bond motifs is 1. The van der Waals surface area contributed by atoms with Gasteiger partial charge in [0.1, 0.15) is 0 Å². The molecule has 0 saturated heterocycles. The van der Waals surface area contributed by atoms with E-state index in [2.05, 4.69) is 14.9 Å². The number of nitrogens with zero attached hydrogens (tertiary/aromatic N) is 2. The van der Waals surface area contributed by atoms with Gasteiger partial charge >= 0.3 is 0 Å². The predicted molar refractivity (Wildman–Crippen MR) is 107 cm³/mol. The first-order valence-corrected chi connectivity index (χ1v) is 9.58. The molecule has 0 aliphatic rings. The molecule has 0 aliphatic carbocycles. The molecule has 5 nitrogen and oxygen atoms in total. The summed E-state index contributed by atoms with van der Waals surface area (Å²) in [5.41, 5.74) is 3.66. The third-order valence-electron chi connectivity index (χ3n) is 3.94. The summed E-state index contributed by atoms with van der Waals surface area (Å²) in [5, 5.41) is 4.32. The van der Waals surface area contributed by atoms with E-state index in [1.54, 1.807) is 19.2 Å². The number of hydrogen-bond donors (Lipinski definition) is 1. The number of anilines is 1. The van der Waals surface area contributed by atoms with Gasteiger partial charge in [-0.05, 0) is 36.8 Å². The molecule has 1 N–H and O–H groups in total. The summed E-state index contributed by atoms with van der Waals surface area (Å²) in [7, 11) is 1.67. The molecular weight excluding hydrogens is 370 g/mol. The Labute approximate surface area is 161 Å². The van der Waals surface area contributed by atoms with Crippen molar-refractivity contribution in [2.24, 2.45) is 0 Å². The minimum absolute atomic E-state index is 0.0919. The summed E-state index contributed by atoms with van der Waals surface area (Å²) in [6.45, 7) is 3.21. The number of thioether (sulfide) groups is 1. The van der Waals surface area contributed by atoms with Crippen molar-refractivity contribution in [2.75, 3.05) is 24.8 Å². The topological polar surface area (TPSA) is 56.1 Å². The number of nitrogens with one attached hydrogen (secondary N) is 1. The van der Waals surface area contributed by atoms with Crippen LogP contribution < -0.4 is 5.32 Å². The first-order valence-electron chi connectivity index (χ1n) is 8.21. The number of rotatable bonds is 7. The Morgan fingerprint density at radius 1 is 1.31 bits per heavy atom. The molecule has 136 valence electrons. The Morgan fingerprint density at radius 2 is 2.12 bits per heavy atom. The first kappa shape index (κ1) is 18.8. The van der Waals surface area contributed by atoms with Gasteiger partial charge in [-0.15, -0.1) is 0 Å². The number of benzene rings is 2. The molecule has 0 fully saturated rings. The summed E-state index contributed by atoms with van der Waals surface area (Å²) in [4.78, 5) is 17.0. The predicted octanol–water partition coefficient (Wildman–Crippen LogP) is 4.38. The van der Waals surface area contributed by atoms with Gasteiger partial charge in [-0.3, -0.25) is 4.79 Å². The van der Waals surface area contributed by atoms with E-state index in [1.165, 1.54) is 11.8 Å². The Hall–Kier alpha value is -2.02. The molecule has 7 heteroatoms. The normalized spacial score (nSPS) is 11.0. The molecule has 1 heterocycles. The highest BCUT2D eigenvalue weighted by Crippen LogP contribution is 2.25. The summed E-state index contributed by atoms with van der Waals surface area (Å²) < 4.78 is 7.28. The maximum atomic E-state index is 12.4. The third-order valence-corrected chi connectivity index (χ3v) is 5.16. The van der Waals surface area contributed by atoms with Crippen molar-refractivity contribution in [3.8, 4) is 0 Å². The zero-order valence-electron chi connectivity index (χ0n) is 14.7. The van der Waals surface area contributed by atoms with E-state index in [4.69, 9.17) is 16.3 Å². The minimum atomic E-state index is -0.0919. The molecule has 0 atom stereocenters. The zero-order valence-corrected chi connectivity index (χ0v) is 16.2. The van der Waals surface area contributed by atoms with E-state index < -0.39 is 0 Å². The fourth-order valence-corrected chi connectivity index (χ4v) is 3.62. The lowest BCUT2D eigenvalue weighted by molar-refractivity contribution is -0.113. The number of carbonyl (C=O) groups excluding carboxylic acids is 1. The number of ether oxygens (including phenoxy) is 1. The first-order chi connectivity index (χ1) is 12.6. The van der Waals surface area contributed by atoms with Crippen LogP contribution in [0.25, 0.3) is 11.0 Å². The van der Waals surface area contributed by atoms with Gasteiger partial charge in [0.25, 0.3) is 0 Å². The van der Waals surface area contributed by atoms with E-state index >= 15 is 0 Å². The van der Waals surface area contributed by atoms with Crippen LogP contribution in [0.1, 0.15) is 5.56 Å². The van der Waals surface area contributed by atoms with Crippen molar-refractivity contribution in [3.63, 3.8) is 0 Å². The van der Waals surface area contributed by atoms with Gasteiger partial charge in [-0.2, -0.15) is 0 Å². The molecule has 26 heavy (non-hydrogen) atoms. The Kier molecular flexibility index (Phi) is 6.19. The van der Waals surface area contributed by atoms with Crippen LogP contribution in [-0.2, 0) is 16.1 Å². The molecule has 0 saturated carbocycles. The number of halogens is 1. The largest absolute Gasteiger partial charge is 0.383 e. The van der Waals surface area contributed by atoms with Gasteiger partial charge in [0.15, 0.2) is 5.16 Å². The number of carbonyl (C=O) groups is 1. The van der Waals surface area contributed by atoms with Crippen LogP contribution in [0.5, 0.6) is 0 Å². The average Bonchev–Trinajstić information content (AvgIpc) is 2.99. The van der Waals surface area contributed by atoms with Crippen molar-refractivity contribution in [1.82, 2.24) is 9.55 Å². The summed E-state index contributed by atoms with van der Waals surface area (Å²) in [6.07, 6.45) is 0. The summed E-state index contributed by atoms with van der Waals surface area (Å²) >= 11 is 7.42. The lowest BCUT2D eigenvalue weighted by Crippen LogP contribution is -2.15.